The van der Waals surface area contributed by atoms with Gasteiger partial charge in [-0.1, -0.05) is 44.2 Å². The van der Waals surface area contributed by atoms with Crippen LogP contribution in [0.5, 0.6) is 0 Å². The second-order valence-corrected chi connectivity index (χ2v) is 5.86. The van der Waals surface area contributed by atoms with Gasteiger partial charge in [0.25, 0.3) is 0 Å². The molecule has 0 aliphatic rings. The van der Waals surface area contributed by atoms with Gasteiger partial charge in [-0.15, -0.1) is 0 Å². The fourth-order valence-corrected chi connectivity index (χ4v) is 2.21. The summed E-state index contributed by atoms with van der Waals surface area (Å²) in [5, 5.41) is 3.23. The average molecular weight is 321 g/mol. The highest BCUT2D eigenvalue weighted by molar-refractivity contribution is 9.10. The molecule has 19 heavy (non-hydrogen) atoms. The molecule has 0 fully saturated rings. The molecule has 0 saturated heterocycles. The lowest BCUT2D eigenvalue weighted by molar-refractivity contribution is 0.555. The zero-order valence-electron chi connectivity index (χ0n) is 11.0. The van der Waals surface area contributed by atoms with Crippen molar-refractivity contribution in [3.05, 3.63) is 46.6 Å². The molecular formula is C14H17BrN4. The molecule has 100 valence electrons. The first-order chi connectivity index (χ1) is 8.97. The lowest BCUT2D eigenvalue weighted by atomic mass is 9.85. The lowest BCUT2D eigenvalue weighted by Crippen LogP contribution is -2.28. The minimum atomic E-state index is -0.0122. The predicted molar refractivity (Wildman–Crippen MR) is 82.1 cm³/mol. The van der Waals surface area contributed by atoms with Crippen molar-refractivity contribution in [2.24, 2.45) is 0 Å². The molecule has 2 rings (SSSR count). The van der Waals surface area contributed by atoms with Gasteiger partial charge in [0.05, 0.1) is 0 Å². The average Bonchev–Trinajstić information content (AvgIpc) is 2.37. The van der Waals surface area contributed by atoms with Crippen LogP contribution in [-0.2, 0) is 5.41 Å². The van der Waals surface area contributed by atoms with Gasteiger partial charge in [0.2, 0.25) is 5.95 Å². The highest BCUT2D eigenvalue weighted by Crippen LogP contribution is 2.23. The molecule has 0 atom stereocenters. The largest absolute Gasteiger partial charge is 0.383 e. The van der Waals surface area contributed by atoms with Gasteiger partial charge in [0.1, 0.15) is 10.4 Å². The summed E-state index contributed by atoms with van der Waals surface area (Å²) < 4.78 is 0.681. The van der Waals surface area contributed by atoms with Crippen LogP contribution in [0.2, 0.25) is 0 Å². The molecule has 3 N–H and O–H groups in total. The van der Waals surface area contributed by atoms with Crippen molar-refractivity contribution in [3.63, 3.8) is 0 Å². The molecule has 5 heteroatoms. The number of halogens is 1. The van der Waals surface area contributed by atoms with Crippen molar-refractivity contribution < 1.29 is 0 Å². The summed E-state index contributed by atoms with van der Waals surface area (Å²) in [5.74, 6) is 0.984. The Balaban J connectivity index is 2.09. The third-order valence-electron chi connectivity index (χ3n) is 2.96. The summed E-state index contributed by atoms with van der Waals surface area (Å²) >= 11 is 3.31. The van der Waals surface area contributed by atoms with E-state index in [1.807, 2.05) is 18.2 Å². The number of aromatic nitrogens is 2. The summed E-state index contributed by atoms with van der Waals surface area (Å²) in [6.07, 6.45) is 0. The first-order valence-corrected chi connectivity index (χ1v) is 6.86. The van der Waals surface area contributed by atoms with Crippen LogP contribution < -0.4 is 11.1 Å². The van der Waals surface area contributed by atoms with Gasteiger partial charge in [0.15, 0.2) is 0 Å². The van der Waals surface area contributed by atoms with Crippen LogP contribution in [0.3, 0.4) is 0 Å². The van der Waals surface area contributed by atoms with E-state index in [1.165, 1.54) is 5.56 Å². The Kier molecular flexibility index (Phi) is 4.04. The first-order valence-electron chi connectivity index (χ1n) is 6.07. The Hall–Kier alpha value is -1.62. The van der Waals surface area contributed by atoms with Crippen molar-refractivity contribution in [2.75, 3.05) is 17.6 Å². The molecular weight excluding hydrogens is 304 g/mol. The van der Waals surface area contributed by atoms with E-state index in [9.17, 15) is 0 Å². The fraction of sp³-hybridized carbons (Fsp3) is 0.286. The molecule has 0 unspecified atom stereocenters. The topological polar surface area (TPSA) is 63.8 Å². The van der Waals surface area contributed by atoms with Gasteiger partial charge < -0.3 is 11.1 Å². The van der Waals surface area contributed by atoms with Crippen LogP contribution in [0.4, 0.5) is 11.8 Å². The second kappa shape index (κ2) is 5.57. The van der Waals surface area contributed by atoms with Crippen molar-refractivity contribution in [1.82, 2.24) is 9.97 Å². The molecule has 1 aromatic heterocycles. The number of benzene rings is 1. The molecule has 4 nitrogen and oxygen atoms in total. The molecule has 0 aliphatic heterocycles. The molecule has 1 heterocycles. The summed E-state index contributed by atoms with van der Waals surface area (Å²) in [4.78, 5) is 8.40. The number of rotatable bonds is 4. The maximum Gasteiger partial charge on any atom is 0.225 e. The van der Waals surface area contributed by atoms with E-state index in [0.29, 0.717) is 16.4 Å². The molecule has 0 bridgehead atoms. The third kappa shape index (κ3) is 3.67. The lowest BCUT2D eigenvalue weighted by Gasteiger charge is -2.25. The highest BCUT2D eigenvalue weighted by atomic mass is 79.9. The molecule has 2 aromatic rings. The number of nitrogens with two attached hydrogens (primary N) is 1. The van der Waals surface area contributed by atoms with Gasteiger partial charge >= 0.3 is 0 Å². The van der Waals surface area contributed by atoms with Gasteiger partial charge in [0, 0.05) is 18.0 Å². The van der Waals surface area contributed by atoms with Crippen LogP contribution in [0, 0.1) is 0 Å². The minimum absolute atomic E-state index is 0.0122. The van der Waals surface area contributed by atoms with Crippen LogP contribution in [0.15, 0.2) is 41.0 Å². The summed E-state index contributed by atoms with van der Waals surface area (Å²) in [5.41, 5.74) is 6.95. The summed E-state index contributed by atoms with van der Waals surface area (Å²) in [7, 11) is 0. The van der Waals surface area contributed by atoms with Crippen molar-refractivity contribution in [3.8, 4) is 0 Å². The van der Waals surface area contributed by atoms with E-state index in [1.54, 1.807) is 6.07 Å². The number of hydrogen-bond donors (Lipinski definition) is 2. The Morgan fingerprint density at radius 2 is 1.89 bits per heavy atom. The first kappa shape index (κ1) is 13.8. The van der Waals surface area contributed by atoms with E-state index in [4.69, 9.17) is 5.73 Å². The maximum atomic E-state index is 5.69. The molecule has 1 aromatic carbocycles. The van der Waals surface area contributed by atoms with Crippen LogP contribution in [0.25, 0.3) is 0 Å². The van der Waals surface area contributed by atoms with E-state index in [-0.39, 0.29) is 5.41 Å². The molecule has 0 amide bonds. The molecule has 0 saturated carbocycles. The van der Waals surface area contributed by atoms with Gasteiger partial charge in [-0.2, -0.15) is 4.98 Å². The third-order valence-corrected chi connectivity index (χ3v) is 3.36. The maximum absolute atomic E-state index is 5.69. The Labute approximate surface area is 121 Å². The standard InChI is InChI=1S/C14H17BrN4/c1-14(2,10-6-4-3-5-7-10)9-17-13-18-11(15)8-12(16)19-13/h3-8H,9H2,1-2H3,(H3,16,17,18,19). The smallest absolute Gasteiger partial charge is 0.225 e. The highest BCUT2D eigenvalue weighted by Gasteiger charge is 2.20. The Morgan fingerprint density at radius 3 is 2.53 bits per heavy atom. The van der Waals surface area contributed by atoms with E-state index in [2.05, 4.69) is 57.2 Å². The van der Waals surface area contributed by atoms with Gasteiger partial charge in [-0.3, -0.25) is 0 Å². The van der Waals surface area contributed by atoms with Crippen molar-refractivity contribution in [2.45, 2.75) is 19.3 Å². The zero-order chi connectivity index (χ0) is 13.9. The van der Waals surface area contributed by atoms with Gasteiger partial charge in [-0.05, 0) is 21.5 Å². The van der Waals surface area contributed by atoms with Crippen LogP contribution >= 0.6 is 15.9 Å². The summed E-state index contributed by atoms with van der Waals surface area (Å²) in [6.45, 7) is 5.08. The SMILES string of the molecule is CC(C)(CNc1nc(N)cc(Br)n1)c1ccccc1. The Bertz CT molecular complexity index is 534. The Morgan fingerprint density at radius 1 is 1.21 bits per heavy atom. The van der Waals surface area contributed by atoms with Crippen molar-refractivity contribution in [1.29, 1.82) is 0 Å². The molecule has 0 spiro atoms. The second-order valence-electron chi connectivity index (χ2n) is 5.04. The summed E-state index contributed by atoms with van der Waals surface area (Å²) in [6, 6.07) is 12.0. The van der Waals surface area contributed by atoms with E-state index >= 15 is 0 Å². The molecule has 0 aliphatic carbocycles. The zero-order valence-corrected chi connectivity index (χ0v) is 12.6. The molecule has 0 radical (unpaired) electrons. The number of anilines is 2. The normalized spacial score (nSPS) is 11.3. The van der Waals surface area contributed by atoms with Crippen molar-refractivity contribution >= 4 is 27.7 Å². The van der Waals surface area contributed by atoms with E-state index < -0.39 is 0 Å². The fourth-order valence-electron chi connectivity index (χ4n) is 1.81. The minimum Gasteiger partial charge on any atom is -0.383 e. The number of nitrogens with zero attached hydrogens (tertiary/aromatic N) is 2. The number of hydrogen-bond acceptors (Lipinski definition) is 4. The van der Waals surface area contributed by atoms with E-state index in [0.717, 1.165) is 6.54 Å². The van der Waals surface area contributed by atoms with Crippen LogP contribution in [0.1, 0.15) is 19.4 Å². The number of nitrogens with one attached hydrogen (secondary N) is 1. The van der Waals surface area contributed by atoms with Crippen LogP contribution in [-0.4, -0.2) is 16.5 Å². The monoisotopic (exact) mass is 320 g/mol. The number of nitrogen functional groups attached to an aromatic ring is 1. The quantitative estimate of drug-likeness (QED) is 0.849. The van der Waals surface area contributed by atoms with Gasteiger partial charge in [-0.25, -0.2) is 4.98 Å². The predicted octanol–water partition coefficient (Wildman–Crippen LogP) is 3.21.